The molecule has 0 unspecified atom stereocenters. The monoisotopic (exact) mass is 298 g/mol. The minimum absolute atomic E-state index is 0.0211. The SMILES string of the molecule is C[C@H](NC(=O)CCc1ccc2c(c1)OCO2)c1ccncc1. The molecule has 5 nitrogen and oxygen atoms in total. The Morgan fingerprint density at radius 1 is 1.23 bits per heavy atom. The van der Waals surface area contributed by atoms with Gasteiger partial charge in [-0.25, -0.2) is 0 Å². The molecule has 1 aliphatic rings. The molecule has 0 spiro atoms. The summed E-state index contributed by atoms with van der Waals surface area (Å²) in [6.07, 6.45) is 4.57. The Kier molecular flexibility index (Phi) is 4.23. The van der Waals surface area contributed by atoms with Crippen molar-refractivity contribution in [3.8, 4) is 11.5 Å². The molecule has 0 aliphatic carbocycles. The number of amides is 1. The van der Waals surface area contributed by atoms with Crippen molar-refractivity contribution in [1.29, 1.82) is 0 Å². The summed E-state index contributed by atoms with van der Waals surface area (Å²) in [5.74, 6) is 1.55. The van der Waals surface area contributed by atoms with Crippen LogP contribution in [0.15, 0.2) is 42.7 Å². The molecule has 1 aromatic heterocycles. The zero-order valence-corrected chi connectivity index (χ0v) is 12.4. The lowest BCUT2D eigenvalue weighted by Crippen LogP contribution is -2.26. The maximum Gasteiger partial charge on any atom is 0.231 e. The van der Waals surface area contributed by atoms with E-state index < -0.39 is 0 Å². The van der Waals surface area contributed by atoms with Crippen LogP contribution in [-0.2, 0) is 11.2 Å². The van der Waals surface area contributed by atoms with Crippen LogP contribution in [-0.4, -0.2) is 17.7 Å². The van der Waals surface area contributed by atoms with Gasteiger partial charge in [0.2, 0.25) is 12.7 Å². The van der Waals surface area contributed by atoms with Crippen molar-refractivity contribution in [2.45, 2.75) is 25.8 Å². The van der Waals surface area contributed by atoms with Crippen molar-refractivity contribution in [3.63, 3.8) is 0 Å². The van der Waals surface area contributed by atoms with Gasteiger partial charge in [0, 0.05) is 18.8 Å². The van der Waals surface area contributed by atoms with Gasteiger partial charge in [0.1, 0.15) is 0 Å². The fraction of sp³-hybridized carbons (Fsp3) is 0.294. The predicted octanol–water partition coefficient (Wildman–Crippen LogP) is 2.62. The van der Waals surface area contributed by atoms with E-state index in [0.29, 0.717) is 12.8 Å². The molecule has 0 radical (unpaired) electrons. The van der Waals surface area contributed by atoms with Gasteiger partial charge >= 0.3 is 0 Å². The summed E-state index contributed by atoms with van der Waals surface area (Å²) >= 11 is 0. The normalized spacial score (nSPS) is 13.7. The molecule has 22 heavy (non-hydrogen) atoms. The fourth-order valence-electron chi connectivity index (χ4n) is 2.40. The van der Waals surface area contributed by atoms with Crippen molar-refractivity contribution in [1.82, 2.24) is 10.3 Å². The standard InChI is InChI=1S/C17H18N2O3/c1-12(14-6-8-18-9-7-14)19-17(20)5-3-13-2-4-15-16(10-13)22-11-21-15/h2,4,6-10,12H,3,5,11H2,1H3,(H,19,20)/t12-/m0/s1. The summed E-state index contributed by atoms with van der Waals surface area (Å²) < 4.78 is 10.6. The summed E-state index contributed by atoms with van der Waals surface area (Å²) in [5.41, 5.74) is 2.11. The van der Waals surface area contributed by atoms with E-state index in [1.54, 1.807) is 12.4 Å². The van der Waals surface area contributed by atoms with Crippen LogP contribution in [0.3, 0.4) is 0 Å². The Bertz CT molecular complexity index is 658. The van der Waals surface area contributed by atoms with Gasteiger partial charge in [-0.2, -0.15) is 0 Å². The number of aromatic nitrogens is 1. The van der Waals surface area contributed by atoms with Crippen LogP contribution in [0.4, 0.5) is 0 Å². The van der Waals surface area contributed by atoms with E-state index in [-0.39, 0.29) is 18.7 Å². The number of carbonyl (C=O) groups excluding carboxylic acids is 1. The Labute approximate surface area is 129 Å². The number of hydrogen-bond donors (Lipinski definition) is 1. The highest BCUT2D eigenvalue weighted by atomic mass is 16.7. The molecular formula is C17H18N2O3. The summed E-state index contributed by atoms with van der Waals surface area (Å²) in [6, 6.07) is 9.57. The number of nitrogens with zero attached hydrogens (tertiary/aromatic N) is 1. The lowest BCUT2D eigenvalue weighted by molar-refractivity contribution is -0.121. The van der Waals surface area contributed by atoms with E-state index >= 15 is 0 Å². The van der Waals surface area contributed by atoms with Gasteiger partial charge < -0.3 is 14.8 Å². The van der Waals surface area contributed by atoms with Crippen molar-refractivity contribution < 1.29 is 14.3 Å². The summed E-state index contributed by atoms with van der Waals surface area (Å²) in [5, 5.41) is 3.00. The third kappa shape index (κ3) is 3.36. The van der Waals surface area contributed by atoms with Gasteiger partial charge in [-0.1, -0.05) is 6.07 Å². The molecule has 1 aliphatic heterocycles. The van der Waals surface area contributed by atoms with E-state index in [9.17, 15) is 4.79 Å². The predicted molar refractivity (Wildman–Crippen MR) is 81.7 cm³/mol. The zero-order chi connectivity index (χ0) is 15.4. The maximum atomic E-state index is 12.1. The molecular weight excluding hydrogens is 280 g/mol. The third-order valence-electron chi connectivity index (χ3n) is 3.66. The van der Waals surface area contributed by atoms with E-state index in [0.717, 1.165) is 22.6 Å². The smallest absolute Gasteiger partial charge is 0.231 e. The van der Waals surface area contributed by atoms with Crippen molar-refractivity contribution in [2.75, 3.05) is 6.79 Å². The number of nitrogens with one attached hydrogen (secondary N) is 1. The molecule has 0 fully saturated rings. The molecule has 5 heteroatoms. The highest BCUT2D eigenvalue weighted by Gasteiger charge is 2.14. The second-order valence-electron chi connectivity index (χ2n) is 5.26. The van der Waals surface area contributed by atoms with Gasteiger partial charge in [0.15, 0.2) is 11.5 Å². The minimum atomic E-state index is -0.0211. The zero-order valence-electron chi connectivity index (χ0n) is 12.4. The van der Waals surface area contributed by atoms with E-state index in [2.05, 4.69) is 10.3 Å². The highest BCUT2D eigenvalue weighted by molar-refractivity contribution is 5.76. The average Bonchev–Trinajstić information content (AvgIpc) is 3.01. The first-order valence-electron chi connectivity index (χ1n) is 7.30. The first-order valence-corrected chi connectivity index (χ1v) is 7.30. The van der Waals surface area contributed by atoms with Crippen LogP contribution in [0, 0.1) is 0 Å². The third-order valence-corrected chi connectivity index (χ3v) is 3.66. The molecule has 2 aromatic rings. The molecule has 1 amide bonds. The molecule has 0 saturated heterocycles. The fourth-order valence-corrected chi connectivity index (χ4v) is 2.40. The lowest BCUT2D eigenvalue weighted by atomic mass is 10.1. The van der Waals surface area contributed by atoms with Crippen LogP contribution in [0.1, 0.15) is 30.5 Å². The van der Waals surface area contributed by atoms with Crippen LogP contribution >= 0.6 is 0 Å². The molecule has 1 atom stereocenters. The van der Waals surface area contributed by atoms with Gasteiger partial charge in [-0.05, 0) is 48.7 Å². The van der Waals surface area contributed by atoms with Crippen LogP contribution < -0.4 is 14.8 Å². The number of ether oxygens (including phenoxy) is 2. The first-order chi connectivity index (χ1) is 10.7. The van der Waals surface area contributed by atoms with Crippen LogP contribution in [0.5, 0.6) is 11.5 Å². The maximum absolute atomic E-state index is 12.1. The van der Waals surface area contributed by atoms with Crippen molar-refractivity contribution in [3.05, 3.63) is 53.9 Å². The molecule has 0 bridgehead atoms. The van der Waals surface area contributed by atoms with Crippen molar-refractivity contribution >= 4 is 5.91 Å². The van der Waals surface area contributed by atoms with E-state index in [1.165, 1.54) is 0 Å². The molecule has 2 heterocycles. The topological polar surface area (TPSA) is 60.5 Å². The van der Waals surface area contributed by atoms with Gasteiger partial charge in [0.25, 0.3) is 0 Å². The molecule has 0 saturated carbocycles. The number of benzene rings is 1. The number of carbonyl (C=O) groups is 1. The lowest BCUT2D eigenvalue weighted by Gasteiger charge is -2.14. The summed E-state index contributed by atoms with van der Waals surface area (Å²) in [6.45, 7) is 2.23. The Morgan fingerprint density at radius 3 is 2.82 bits per heavy atom. The number of rotatable bonds is 5. The van der Waals surface area contributed by atoms with Crippen molar-refractivity contribution in [2.24, 2.45) is 0 Å². The Hall–Kier alpha value is -2.56. The van der Waals surface area contributed by atoms with Gasteiger partial charge in [-0.15, -0.1) is 0 Å². The van der Waals surface area contributed by atoms with Crippen LogP contribution in [0.25, 0.3) is 0 Å². The average molecular weight is 298 g/mol. The van der Waals surface area contributed by atoms with Gasteiger partial charge in [-0.3, -0.25) is 9.78 Å². The Morgan fingerprint density at radius 2 is 2.00 bits per heavy atom. The Balaban J connectivity index is 1.52. The van der Waals surface area contributed by atoms with Gasteiger partial charge in [0.05, 0.1) is 6.04 Å². The number of fused-ring (bicyclic) bond motifs is 1. The first kappa shape index (κ1) is 14.4. The minimum Gasteiger partial charge on any atom is -0.454 e. The molecule has 1 N–H and O–H groups in total. The van der Waals surface area contributed by atoms with Crippen LogP contribution in [0.2, 0.25) is 0 Å². The molecule has 114 valence electrons. The number of hydrogen-bond acceptors (Lipinski definition) is 4. The summed E-state index contributed by atoms with van der Waals surface area (Å²) in [4.78, 5) is 16.0. The summed E-state index contributed by atoms with van der Waals surface area (Å²) in [7, 11) is 0. The largest absolute Gasteiger partial charge is 0.454 e. The number of aryl methyl sites for hydroxylation is 1. The molecule has 3 rings (SSSR count). The second kappa shape index (κ2) is 6.47. The van der Waals surface area contributed by atoms with E-state index in [4.69, 9.17) is 9.47 Å². The molecule has 1 aromatic carbocycles. The highest BCUT2D eigenvalue weighted by Crippen LogP contribution is 2.32. The second-order valence-corrected chi connectivity index (χ2v) is 5.26. The number of pyridine rings is 1. The van der Waals surface area contributed by atoms with E-state index in [1.807, 2.05) is 37.3 Å². The quantitative estimate of drug-likeness (QED) is 0.922.